The van der Waals surface area contributed by atoms with Crippen molar-refractivity contribution in [2.24, 2.45) is 11.8 Å². The van der Waals surface area contributed by atoms with E-state index in [2.05, 4.69) is 24.1 Å². The van der Waals surface area contributed by atoms with E-state index in [1.807, 2.05) is 52.8 Å². The van der Waals surface area contributed by atoms with Crippen molar-refractivity contribution >= 4 is 40.8 Å². The lowest BCUT2D eigenvalue weighted by Crippen LogP contribution is -2.42. The van der Waals surface area contributed by atoms with Gasteiger partial charge in [0.1, 0.15) is 5.65 Å². The summed E-state index contributed by atoms with van der Waals surface area (Å²) in [5.41, 5.74) is 3.43. The third kappa shape index (κ3) is 4.70. The number of benzene rings is 1. The third-order valence-electron chi connectivity index (χ3n) is 5.81. The quantitative estimate of drug-likeness (QED) is 0.564. The molecule has 1 aliphatic heterocycles. The molecule has 2 atom stereocenters. The lowest BCUT2D eigenvalue weighted by molar-refractivity contribution is -0.111. The number of anilines is 1. The fourth-order valence-electron chi connectivity index (χ4n) is 4.37. The average Bonchev–Trinajstić information content (AvgIpc) is 3.07. The van der Waals surface area contributed by atoms with Gasteiger partial charge in [0.05, 0.1) is 5.69 Å². The molecule has 2 unspecified atom stereocenters. The van der Waals surface area contributed by atoms with E-state index >= 15 is 0 Å². The van der Waals surface area contributed by atoms with Crippen LogP contribution in [0, 0.1) is 18.8 Å². The number of hydrogen-bond acceptors (Lipinski definition) is 3. The molecule has 1 fully saturated rings. The zero-order valence-electron chi connectivity index (χ0n) is 18.5. The normalized spacial score (nSPS) is 18.9. The molecule has 1 aliphatic rings. The van der Waals surface area contributed by atoms with Crippen molar-refractivity contribution in [1.29, 1.82) is 0 Å². The minimum Gasteiger partial charge on any atom is -0.338 e. The molecule has 3 heterocycles. The fourth-order valence-corrected chi connectivity index (χ4v) is 4.61. The number of halogens is 1. The van der Waals surface area contributed by atoms with Crippen molar-refractivity contribution in [3.8, 4) is 0 Å². The molecule has 0 spiro atoms. The summed E-state index contributed by atoms with van der Waals surface area (Å²) in [6.45, 7) is 7.79. The summed E-state index contributed by atoms with van der Waals surface area (Å²) < 4.78 is 1.82. The molecular weight excluding hydrogens is 424 g/mol. The van der Waals surface area contributed by atoms with Crippen LogP contribution in [-0.2, 0) is 4.79 Å². The summed E-state index contributed by atoms with van der Waals surface area (Å²) in [6, 6.07) is 11.0. The zero-order valence-corrected chi connectivity index (χ0v) is 19.3. The Hall–Kier alpha value is -3.12. The van der Waals surface area contributed by atoms with Crippen LogP contribution >= 0.6 is 11.6 Å². The third-order valence-corrected chi connectivity index (χ3v) is 6.09. The van der Waals surface area contributed by atoms with Gasteiger partial charge in [-0.3, -0.25) is 14.0 Å². The van der Waals surface area contributed by atoms with Gasteiger partial charge < -0.3 is 10.2 Å². The van der Waals surface area contributed by atoms with Crippen LogP contribution < -0.4 is 5.32 Å². The maximum absolute atomic E-state index is 13.1. The summed E-state index contributed by atoms with van der Waals surface area (Å²) in [7, 11) is 0. The van der Waals surface area contributed by atoms with Gasteiger partial charge in [-0.1, -0.05) is 37.6 Å². The van der Waals surface area contributed by atoms with E-state index in [1.165, 1.54) is 6.08 Å². The van der Waals surface area contributed by atoms with Crippen LogP contribution in [0.15, 0.2) is 48.7 Å². The molecule has 1 aromatic carbocycles. The average molecular weight is 451 g/mol. The van der Waals surface area contributed by atoms with E-state index in [9.17, 15) is 9.59 Å². The number of carbonyl (C=O) groups is 2. The molecule has 0 aliphatic carbocycles. The summed E-state index contributed by atoms with van der Waals surface area (Å²) in [5, 5.41) is 3.21. The lowest BCUT2D eigenvalue weighted by Gasteiger charge is -2.35. The molecule has 0 saturated carbocycles. The minimum atomic E-state index is -0.306. The number of carbonyl (C=O) groups excluding carboxylic acids is 2. The predicted octanol–water partition coefficient (Wildman–Crippen LogP) is 5.07. The molecule has 0 bridgehead atoms. The Balaban J connectivity index is 1.50. The zero-order chi connectivity index (χ0) is 22.8. The van der Waals surface area contributed by atoms with Crippen molar-refractivity contribution < 1.29 is 9.59 Å². The van der Waals surface area contributed by atoms with Crippen molar-refractivity contribution in [1.82, 2.24) is 14.3 Å². The first-order chi connectivity index (χ1) is 15.3. The summed E-state index contributed by atoms with van der Waals surface area (Å²) >= 11 is 6.23. The number of aromatic nitrogens is 2. The maximum Gasteiger partial charge on any atom is 0.253 e. The van der Waals surface area contributed by atoms with Crippen LogP contribution in [0.2, 0.25) is 5.15 Å². The van der Waals surface area contributed by atoms with Crippen molar-refractivity contribution in [3.05, 3.63) is 70.6 Å². The minimum absolute atomic E-state index is 0.00644. The standard InChI is InChI=1S/C25H27ClN4O2/c1-16-12-17(2)15-29(14-16)25(32)19-8-7-18(3)20(13-19)27-23(31)10-9-21-24(26)28-22-6-4-5-11-30(21)22/h4-11,13,16-17H,12,14-15H2,1-3H3,(H,27,31)/b10-9+. The van der Waals surface area contributed by atoms with Gasteiger partial charge in [0.15, 0.2) is 5.15 Å². The second kappa shape index (κ2) is 9.17. The number of rotatable bonds is 4. The van der Waals surface area contributed by atoms with Gasteiger partial charge in [-0.15, -0.1) is 0 Å². The van der Waals surface area contributed by atoms with Gasteiger partial charge in [-0.2, -0.15) is 0 Å². The largest absolute Gasteiger partial charge is 0.338 e. The molecule has 2 aromatic heterocycles. The first-order valence-corrected chi connectivity index (χ1v) is 11.2. The van der Waals surface area contributed by atoms with Crippen LogP contribution in [0.4, 0.5) is 5.69 Å². The Labute approximate surface area is 192 Å². The number of piperidine rings is 1. The number of amides is 2. The number of nitrogens with zero attached hydrogens (tertiary/aromatic N) is 3. The van der Waals surface area contributed by atoms with E-state index < -0.39 is 0 Å². The summed E-state index contributed by atoms with van der Waals surface area (Å²) in [4.78, 5) is 31.9. The Morgan fingerprint density at radius 1 is 1.16 bits per heavy atom. The molecular formula is C25H27ClN4O2. The predicted molar refractivity (Wildman–Crippen MR) is 128 cm³/mol. The SMILES string of the molecule is Cc1ccc(C(=O)N2CC(C)CC(C)C2)cc1NC(=O)/C=C/c1c(Cl)nc2ccccn12. The van der Waals surface area contributed by atoms with E-state index in [-0.39, 0.29) is 11.8 Å². The van der Waals surface area contributed by atoms with Crippen LogP contribution in [0.3, 0.4) is 0 Å². The molecule has 1 saturated heterocycles. The lowest BCUT2D eigenvalue weighted by atomic mass is 9.91. The van der Waals surface area contributed by atoms with Gasteiger partial charge in [0.25, 0.3) is 5.91 Å². The molecule has 2 amide bonds. The van der Waals surface area contributed by atoms with Gasteiger partial charge in [-0.25, -0.2) is 4.98 Å². The number of aryl methyl sites for hydroxylation is 1. The number of fused-ring (bicyclic) bond motifs is 1. The van der Waals surface area contributed by atoms with Gasteiger partial charge >= 0.3 is 0 Å². The van der Waals surface area contributed by atoms with Crippen LogP contribution in [-0.4, -0.2) is 39.2 Å². The molecule has 3 aromatic rings. The van der Waals surface area contributed by atoms with E-state index in [0.717, 1.165) is 25.1 Å². The first kappa shape index (κ1) is 22.1. The summed E-state index contributed by atoms with van der Waals surface area (Å²) in [5.74, 6) is 0.680. The monoisotopic (exact) mass is 450 g/mol. The number of hydrogen-bond donors (Lipinski definition) is 1. The first-order valence-electron chi connectivity index (χ1n) is 10.8. The molecule has 4 rings (SSSR count). The Morgan fingerprint density at radius 3 is 2.66 bits per heavy atom. The van der Waals surface area contributed by atoms with Crippen LogP contribution in [0.1, 0.15) is 41.9 Å². The highest BCUT2D eigenvalue weighted by atomic mass is 35.5. The van der Waals surface area contributed by atoms with Crippen LogP contribution in [0.25, 0.3) is 11.7 Å². The van der Waals surface area contributed by atoms with E-state index in [0.29, 0.717) is 39.6 Å². The van der Waals surface area contributed by atoms with E-state index in [1.54, 1.807) is 12.1 Å². The highest BCUT2D eigenvalue weighted by molar-refractivity contribution is 6.31. The van der Waals surface area contributed by atoms with Gasteiger partial charge in [0, 0.05) is 36.6 Å². The molecule has 6 nitrogen and oxygen atoms in total. The topological polar surface area (TPSA) is 66.7 Å². The highest BCUT2D eigenvalue weighted by Crippen LogP contribution is 2.25. The molecule has 7 heteroatoms. The highest BCUT2D eigenvalue weighted by Gasteiger charge is 2.26. The fraction of sp³-hybridized carbons (Fsp3) is 0.320. The second-order valence-electron chi connectivity index (χ2n) is 8.73. The number of likely N-dealkylation sites (tertiary alicyclic amines) is 1. The molecule has 1 N–H and O–H groups in total. The second-order valence-corrected chi connectivity index (χ2v) is 9.08. The summed E-state index contributed by atoms with van der Waals surface area (Å²) in [6.07, 6.45) is 6.04. The Bertz CT molecular complexity index is 1190. The Kier molecular flexibility index (Phi) is 6.33. The molecule has 32 heavy (non-hydrogen) atoms. The van der Waals surface area contributed by atoms with Crippen molar-refractivity contribution in [2.75, 3.05) is 18.4 Å². The number of imidazole rings is 1. The van der Waals surface area contributed by atoms with Crippen molar-refractivity contribution in [2.45, 2.75) is 27.2 Å². The smallest absolute Gasteiger partial charge is 0.253 e. The van der Waals surface area contributed by atoms with Crippen LogP contribution in [0.5, 0.6) is 0 Å². The molecule has 166 valence electrons. The van der Waals surface area contributed by atoms with Gasteiger partial charge in [-0.05, 0) is 61.1 Å². The molecule has 0 radical (unpaired) electrons. The number of nitrogens with one attached hydrogen (secondary N) is 1. The Morgan fingerprint density at radius 2 is 1.91 bits per heavy atom. The van der Waals surface area contributed by atoms with Gasteiger partial charge in [0.2, 0.25) is 5.91 Å². The van der Waals surface area contributed by atoms with Crippen molar-refractivity contribution in [3.63, 3.8) is 0 Å². The maximum atomic E-state index is 13.1. The van der Waals surface area contributed by atoms with E-state index in [4.69, 9.17) is 11.6 Å². The number of pyridine rings is 1.